The molecule has 0 rings (SSSR count). The topological polar surface area (TPSA) is 35.5 Å². The summed E-state index contributed by atoms with van der Waals surface area (Å²) in [6.45, 7) is 6.92. The second-order valence-electron chi connectivity index (χ2n) is 3.16. The number of hydrogen-bond acceptors (Lipinski definition) is 3. The first kappa shape index (κ1) is 16.0. The minimum Gasteiger partial charge on any atom is -0.434 e. The molecule has 0 fully saturated rings. The predicted octanol–water partition coefficient (Wildman–Crippen LogP) is 3.45. The van der Waals surface area contributed by atoms with Crippen LogP contribution in [0.5, 0.6) is 0 Å². The summed E-state index contributed by atoms with van der Waals surface area (Å²) in [4.78, 5) is 10.8. The van der Waals surface area contributed by atoms with Crippen molar-refractivity contribution in [2.24, 2.45) is 5.92 Å². The van der Waals surface area contributed by atoms with Crippen molar-refractivity contribution in [3.05, 3.63) is 0 Å². The smallest absolute Gasteiger partial charge is 0.434 e. The van der Waals surface area contributed by atoms with E-state index in [-0.39, 0.29) is 0 Å². The summed E-state index contributed by atoms with van der Waals surface area (Å²) >= 11 is 4.64. The summed E-state index contributed by atoms with van der Waals surface area (Å²) < 4.78 is 9.56. The van der Waals surface area contributed by atoms with Crippen molar-refractivity contribution in [3.63, 3.8) is 0 Å². The second kappa shape index (κ2) is 12.6. The lowest BCUT2D eigenvalue weighted by Gasteiger charge is -2.06. The van der Waals surface area contributed by atoms with E-state index in [2.05, 4.69) is 11.6 Å². The Hall–Kier alpha value is -0.440. The number of rotatable bonds is 5. The third-order valence-corrected chi connectivity index (χ3v) is 1.25. The second-order valence-corrected chi connectivity index (χ2v) is 3.16. The molecule has 0 unspecified atom stereocenters. The highest BCUT2D eigenvalue weighted by Crippen LogP contribution is 1.96. The van der Waals surface area contributed by atoms with E-state index in [9.17, 15) is 4.79 Å². The molecule has 3 nitrogen and oxygen atoms in total. The van der Waals surface area contributed by atoms with Crippen molar-refractivity contribution in [2.75, 3.05) is 19.6 Å². The van der Waals surface area contributed by atoms with Crippen LogP contribution in [0.15, 0.2) is 0 Å². The molecule has 0 saturated heterocycles. The predicted molar refractivity (Wildman–Crippen MR) is 58.8 cm³/mol. The zero-order valence-electron chi connectivity index (χ0n) is 9.51. The summed E-state index contributed by atoms with van der Waals surface area (Å²) in [6, 6.07) is 0. The lowest BCUT2D eigenvalue weighted by molar-refractivity contribution is 0.0468. The van der Waals surface area contributed by atoms with Gasteiger partial charge in [0.2, 0.25) is 0 Å². The van der Waals surface area contributed by atoms with E-state index < -0.39 is 6.16 Å². The molecule has 86 valence electrons. The van der Waals surface area contributed by atoms with Crippen LogP contribution in [-0.4, -0.2) is 25.8 Å². The summed E-state index contributed by atoms with van der Waals surface area (Å²) in [6.07, 6.45) is 2.85. The number of carbonyl (C=O) groups excluding carboxylic acids is 1. The standard InChI is InChI=1S/C9H18O3.CH3Cl/c1-4-5-6-11-9(10)12-7-8(2)3;1-2/h8H,4-7H2,1-3H3;1H3. The van der Waals surface area contributed by atoms with Gasteiger partial charge in [0.1, 0.15) is 0 Å². The Morgan fingerprint density at radius 2 is 1.86 bits per heavy atom. The Balaban J connectivity index is 0. The molecule has 0 aromatic carbocycles. The van der Waals surface area contributed by atoms with Gasteiger partial charge in [-0.1, -0.05) is 27.2 Å². The van der Waals surface area contributed by atoms with Crippen LogP contribution < -0.4 is 0 Å². The molecule has 0 heterocycles. The van der Waals surface area contributed by atoms with Crippen molar-refractivity contribution in [1.29, 1.82) is 0 Å². The maximum absolute atomic E-state index is 10.8. The largest absolute Gasteiger partial charge is 0.508 e. The van der Waals surface area contributed by atoms with Gasteiger partial charge < -0.3 is 9.47 Å². The Morgan fingerprint density at radius 1 is 1.29 bits per heavy atom. The number of alkyl halides is 1. The molecule has 0 aliphatic rings. The number of hydrogen-bond donors (Lipinski definition) is 0. The quantitative estimate of drug-likeness (QED) is 0.408. The third kappa shape index (κ3) is 14.1. The molecule has 0 N–H and O–H groups in total. The van der Waals surface area contributed by atoms with Crippen molar-refractivity contribution in [1.82, 2.24) is 0 Å². The molecule has 0 atom stereocenters. The summed E-state index contributed by atoms with van der Waals surface area (Å²) in [7, 11) is 0. The monoisotopic (exact) mass is 224 g/mol. The Kier molecular flexibility index (Phi) is 14.4. The molecule has 0 aliphatic carbocycles. The van der Waals surface area contributed by atoms with Gasteiger partial charge in [-0.15, -0.1) is 11.6 Å². The van der Waals surface area contributed by atoms with Crippen LogP contribution in [-0.2, 0) is 9.47 Å². The highest BCUT2D eigenvalue weighted by atomic mass is 35.5. The molecule has 0 radical (unpaired) electrons. The average Bonchev–Trinajstić information content (AvgIpc) is 2.18. The Bertz CT molecular complexity index is 127. The van der Waals surface area contributed by atoms with Gasteiger partial charge in [0.25, 0.3) is 0 Å². The first-order valence-corrected chi connectivity index (χ1v) is 5.59. The highest BCUT2D eigenvalue weighted by molar-refractivity contribution is 6.15. The zero-order valence-corrected chi connectivity index (χ0v) is 10.3. The van der Waals surface area contributed by atoms with E-state index in [1.165, 1.54) is 6.38 Å². The van der Waals surface area contributed by atoms with Crippen LogP contribution in [0.3, 0.4) is 0 Å². The van der Waals surface area contributed by atoms with Gasteiger partial charge in [-0.05, 0) is 12.3 Å². The van der Waals surface area contributed by atoms with Crippen LogP contribution in [0.4, 0.5) is 4.79 Å². The summed E-state index contributed by atoms with van der Waals surface area (Å²) in [5.41, 5.74) is 0. The molecule has 4 heteroatoms. The molecule has 0 saturated carbocycles. The molecule has 0 aromatic rings. The fraction of sp³-hybridized carbons (Fsp3) is 0.900. The lowest BCUT2D eigenvalue weighted by Crippen LogP contribution is -2.12. The maximum Gasteiger partial charge on any atom is 0.508 e. The zero-order chi connectivity index (χ0) is 11.4. The van der Waals surface area contributed by atoms with Crippen molar-refractivity contribution >= 4 is 17.8 Å². The molecule has 0 spiro atoms. The van der Waals surface area contributed by atoms with Crippen molar-refractivity contribution in [2.45, 2.75) is 33.6 Å². The van der Waals surface area contributed by atoms with Crippen molar-refractivity contribution in [3.8, 4) is 0 Å². The molecule has 0 amide bonds. The number of carbonyl (C=O) groups is 1. The highest BCUT2D eigenvalue weighted by Gasteiger charge is 2.03. The van der Waals surface area contributed by atoms with Gasteiger partial charge in [-0.3, -0.25) is 0 Å². The molecular formula is C10H21ClO3. The van der Waals surface area contributed by atoms with E-state index >= 15 is 0 Å². The van der Waals surface area contributed by atoms with Gasteiger partial charge in [0.05, 0.1) is 13.2 Å². The van der Waals surface area contributed by atoms with Crippen LogP contribution in [0.2, 0.25) is 0 Å². The van der Waals surface area contributed by atoms with Gasteiger partial charge in [-0.25, -0.2) is 4.79 Å². The van der Waals surface area contributed by atoms with Gasteiger partial charge in [0.15, 0.2) is 0 Å². The minimum atomic E-state index is -0.544. The summed E-state index contributed by atoms with van der Waals surface area (Å²) in [5, 5.41) is 0. The van der Waals surface area contributed by atoms with Crippen LogP contribution in [0, 0.1) is 5.92 Å². The maximum atomic E-state index is 10.8. The Morgan fingerprint density at radius 3 is 2.29 bits per heavy atom. The molecule has 0 aliphatic heterocycles. The van der Waals surface area contributed by atoms with Gasteiger partial charge in [-0.2, -0.15) is 0 Å². The fourth-order valence-corrected chi connectivity index (χ4v) is 0.576. The Labute approximate surface area is 91.7 Å². The molecular weight excluding hydrogens is 204 g/mol. The number of unbranched alkanes of at least 4 members (excludes halogenated alkanes) is 1. The number of ether oxygens (including phenoxy) is 2. The SMILES string of the molecule is CCCCOC(=O)OCC(C)C.CCl. The molecule has 0 aromatic heterocycles. The molecule has 14 heavy (non-hydrogen) atoms. The van der Waals surface area contributed by atoms with Gasteiger partial charge in [0, 0.05) is 6.38 Å². The van der Waals surface area contributed by atoms with Crippen LogP contribution in [0.25, 0.3) is 0 Å². The molecule has 0 bridgehead atoms. The number of halogens is 1. The third-order valence-electron chi connectivity index (χ3n) is 1.25. The minimum absolute atomic E-state index is 0.365. The van der Waals surface area contributed by atoms with E-state index in [0.717, 1.165) is 12.8 Å². The van der Waals surface area contributed by atoms with Crippen molar-refractivity contribution < 1.29 is 14.3 Å². The van der Waals surface area contributed by atoms with E-state index in [1.807, 2.05) is 20.8 Å². The van der Waals surface area contributed by atoms with E-state index in [4.69, 9.17) is 9.47 Å². The first-order chi connectivity index (χ1) is 6.66. The van der Waals surface area contributed by atoms with Crippen LogP contribution >= 0.6 is 11.6 Å². The van der Waals surface area contributed by atoms with E-state index in [0.29, 0.717) is 19.1 Å². The van der Waals surface area contributed by atoms with Gasteiger partial charge >= 0.3 is 6.16 Å². The normalized spacial score (nSPS) is 9.00. The first-order valence-electron chi connectivity index (χ1n) is 4.84. The van der Waals surface area contributed by atoms with Crippen LogP contribution in [0.1, 0.15) is 33.6 Å². The van der Waals surface area contributed by atoms with E-state index in [1.54, 1.807) is 0 Å². The lowest BCUT2D eigenvalue weighted by atomic mass is 10.2. The fourth-order valence-electron chi connectivity index (χ4n) is 0.576. The average molecular weight is 225 g/mol. The summed E-state index contributed by atoms with van der Waals surface area (Å²) in [5.74, 6) is 0.365.